The highest BCUT2D eigenvalue weighted by Gasteiger charge is 2.41. The minimum absolute atomic E-state index is 0.215. The lowest BCUT2D eigenvalue weighted by atomic mass is 10.2. The van der Waals surface area contributed by atoms with Gasteiger partial charge in [0.1, 0.15) is 11.9 Å². The minimum Gasteiger partial charge on any atom is -0.294 e. The fraction of sp³-hybridized carbons (Fsp3) is 0.385. The Morgan fingerprint density at radius 3 is 2.67 bits per heavy atom. The third-order valence-corrected chi connectivity index (χ3v) is 5.33. The van der Waals surface area contributed by atoms with E-state index in [1.54, 1.807) is 6.92 Å². The van der Waals surface area contributed by atoms with Gasteiger partial charge in [-0.25, -0.2) is 12.8 Å². The Bertz CT molecular complexity index is 702. The van der Waals surface area contributed by atoms with E-state index in [2.05, 4.69) is 5.32 Å². The molecule has 21 heavy (non-hydrogen) atoms. The zero-order valence-corrected chi connectivity index (χ0v) is 12.4. The van der Waals surface area contributed by atoms with Crippen LogP contribution in [-0.2, 0) is 19.6 Å². The van der Waals surface area contributed by atoms with E-state index in [4.69, 9.17) is 0 Å². The first-order valence-electron chi connectivity index (χ1n) is 6.39. The van der Waals surface area contributed by atoms with Gasteiger partial charge in [0, 0.05) is 0 Å². The van der Waals surface area contributed by atoms with Gasteiger partial charge in [-0.1, -0.05) is 13.0 Å². The van der Waals surface area contributed by atoms with E-state index in [-0.39, 0.29) is 11.3 Å². The van der Waals surface area contributed by atoms with Crippen LogP contribution in [0.5, 0.6) is 0 Å². The molecule has 0 saturated carbocycles. The van der Waals surface area contributed by atoms with Crippen LogP contribution < -0.4 is 5.32 Å². The number of benzene rings is 1. The molecule has 1 aliphatic rings. The number of carbonyl (C=O) groups is 2. The zero-order valence-electron chi connectivity index (χ0n) is 11.6. The number of nitrogens with one attached hydrogen (secondary N) is 1. The molecule has 1 aromatic rings. The van der Waals surface area contributed by atoms with E-state index < -0.39 is 40.2 Å². The second kappa shape index (κ2) is 5.53. The normalized spacial score (nSPS) is 20.4. The molecule has 1 heterocycles. The number of carbonyl (C=O) groups excluding carboxylic acids is 2. The predicted molar refractivity (Wildman–Crippen MR) is 72.3 cm³/mol. The molecule has 0 aliphatic carbocycles. The lowest BCUT2D eigenvalue weighted by Crippen LogP contribution is -2.59. The van der Waals surface area contributed by atoms with Crippen molar-refractivity contribution in [2.24, 2.45) is 0 Å². The Morgan fingerprint density at radius 2 is 2.05 bits per heavy atom. The number of amides is 2. The summed E-state index contributed by atoms with van der Waals surface area (Å²) in [6.07, 6.45) is 0.215. The van der Waals surface area contributed by atoms with E-state index in [1.807, 2.05) is 0 Å². The zero-order chi connectivity index (χ0) is 15.8. The summed E-state index contributed by atoms with van der Waals surface area (Å²) in [5.41, 5.74) is 0.352. The molecule has 2 rings (SSSR count). The quantitative estimate of drug-likeness (QED) is 0.826. The van der Waals surface area contributed by atoms with Crippen molar-refractivity contribution in [3.05, 3.63) is 29.6 Å². The summed E-state index contributed by atoms with van der Waals surface area (Å²) in [6.45, 7) is 2.71. The Hall–Kier alpha value is -1.80. The van der Waals surface area contributed by atoms with E-state index in [9.17, 15) is 22.4 Å². The molecule has 8 heteroatoms. The van der Waals surface area contributed by atoms with E-state index in [1.165, 1.54) is 13.0 Å². The number of imide groups is 1. The number of sulfonamides is 1. The molecule has 0 spiro atoms. The molecule has 2 amide bonds. The number of nitrogens with zero attached hydrogens (tertiary/aromatic N) is 1. The molecule has 1 saturated heterocycles. The van der Waals surface area contributed by atoms with E-state index in [0.29, 0.717) is 5.56 Å². The van der Waals surface area contributed by atoms with Crippen molar-refractivity contribution in [1.82, 2.24) is 9.62 Å². The number of rotatable bonds is 3. The van der Waals surface area contributed by atoms with Crippen LogP contribution in [0.15, 0.2) is 23.1 Å². The third-order valence-electron chi connectivity index (χ3n) is 3.34. The van der Waals surface area contributed by atoms with Crippen LogP contribution in [0.4, 0.5) is 4.39 Å². The Labute approximate surface area is 122 Å². The van der Waals surface area contributed by atoms with Gasteiger partial charge < -0.3 is 0 Å². The number of hydrogen-bond acceptors (Lipinski definition) is 4. The molecular weight excluding hydrogens is 299 g/mol. The standard InChI is InChI=1S/C13H15FN2O4S/c1-3-10-13(18)15-12(17)7-16(10)21(19,20)11-6-9(14)5-4-8(11)2/h4-6,10H,3,7H2,1-2H3,(H,15,17,18). The Balaban J connectivity index is 2.53. The van der Waals surface area contributed by atoms with Gasteiger partial charge in [0.25, 0.3) is 0 Å². The molecule has 1 unspecified atom stereocenters. The van der Waals surface area contributed by atoms with Crippen molar-refractivity contribution in [2.75, 3.05) is 6.54 Å². The molecular formula is C13H15FN2O4S. The van der Waals surface area contributed by atoms with Crippen molar-refractivity contribution >= 4 is 21.8 Å². The summed E-state index contributed by atoms with van der Waals surface area (Å²) >= 11 is 0. The monoisotopic (exact) mass is 314 g/mol. The summed E-state index contributed by atoms with van der Waals surface area (Å²) < 4.78 is 39.5. The fourth-order valence-corrected chi connectivity index (χ4v) is 4.12. The summed E-state index contributed by atoms with van der Waals surface area (Å²) in [6, 6.07) is 2.42. The first kappa shape index (κ1) is 15.6. The van der Waals surface area contributed by atoms with Gasteiger partial charge in [0.2, 0.25) is 21.8 Å². The molecule has 114 valence electrons. The van der Waals surface area contributed by atoms with Crippen LogP contribution in [0, 0.1) is 12.7 Å². The van der Waals surface area contributed by atoms with Crippen molar-refractivity contribution in [2.45, 2.75) is 31.2 Å². The fourth-order valence-electron chi connectivity index (χ4n) is 2.26. The van der Waals surface area contributed by atoms with Gasteiger partial charge in [-0.2, -0.15) is 4.31 Å². The van der Waals surface area contributed by atoms with Gasteiger partial charge in [-0.05, 0) is 31.0 Å². The number of piperazine rings is 1. The highest BCUT2D eigenvalue weighted by molar-refractivity contribution is 7.89. The van der Waals surface area contributed by atoms with E-state index in [0.717, 1.165) is 16.4 Å². The topological polar surface area (TPSA) is 83.6 Å². The van der Waals surface area contributed by atoms with Gasteiger partial charge in [-0.15, -0.1) is 0 Å². The van der Waals surface area contributed by atoms with Crippen LogP contribution in [-0.4, -0.2) is 37.1 Å². The van der Waals surface area contributed by atoms with Crippen molar-refractivity contribution in [3.63, 3.8) is 0 Å². The maximum Gasteiger partial charge on any atom is 0.245 e. The lowest BCUT2D eigenvalue weighted by Gasteiger charge is -2.32. The van der Waals surface area contributed by atoms with Crippen molar-refractivity contribution in [3.8, 4) is 0 Å². The van der Waals surface area contributed by atoms with Gasteiger partial charge >= 0.3 is 0 Å². The lowest BCUT2D eigenvalue weighted by molar-refractivity contribution is -0.137. The summed E-state index contributed by atoms with van der Waals surface area (Å²) in [7, 11) is -4.13. The minimum atomic E-state index is -4.13. The Morgan fingerprint density at radius 1 is 1.38 bits per heavy atom. The highest BCUT2D eigenvalue weighted by Crippen LogP contribution is 2.24. The second-order valence-electron chi connectivity index (χ2n) is 4.80. The molecule has 1 aromatic carbocycles. The summed E-state index contributed by atoms with van der Waals surface area (Å²) in [5.74, 6) is -2.05. The molecule has 0 bridgehead atoms. The first-order valence-corrected chi connectivity index (χ1v) is 7.83. The molecule has 6 nitrogen and oxygen atoms in total. The van der Waals surface area contributed by atoms with E-state index >= 15 is 0 Å². The smallest absolute Gasteiger partial charge is 0.245 e. The summed E-state index contributed by atoms with van der Waals surface area (Å²) in [5, 5.41) is 2.10. The SMILES string of the molecule is CCC1C(=O)NC(=O)CN1S(=O)(=O)c1cc(F)ccc1C. The average Bonchev–Trinajstić information content (AvgIpc) is 2.40. The predicted octanol–water partition coefficient (Wildman–Crippen LogP) is 0.560. The number of halogens is 1. The van der Waals surface area contributed by atoms with Crippen LogP contribution in [0.3, 0.4) is 0 Å². The van der Waals surface area contributed by atoms with Crippen LogP contribution in [0.25, 0.3) is 0 Å². The molecule has 0 radical (unpaired) electrons. The third kappa shape index (κ3) is 2.81. The molecule has 1 atom stereocenters. The van der Waals surface area contributed by atoms with Crippen molar-refractivity contribution in [1.29, 1.82) is 0 Å². The largest absolute Gasteiger partial charge is 0.294 e. The van der Waals surface area contributed by atoms with Crippen molar-refractivity contribution < 1.29 is 22.4 Å². The van der Waals surface area contributed by atoms with Crippen LogP contribution in [0.1, 0.15) is 18.9 Å². The number of hydrogen-bond donors (Lipinski definition) is 1. The molecule has 1 fully saturated rings. The summed E-state index contributed by atoms with van der Waals surface area (Å²) in [4.78, 5) is 23.0. The van der Waals surface area contributed by atoms with Gasteiger partial charge in [0.15, 0.2) is 0 Å². The molecule has 1 N–H and O–H groups in total. The highest BCUT2D eigenvalue weighted by atomic mass is 32.2. The Kier molecular flexibility index (Phi) is 4.11. The molecule has 0 aromatic heterocycles. The van der Waals surface area contributed by atoms with Gasteiger partial charge in [-0.3, -0.25) is 14.9 Å². The molecule has 1 aliphatic heterocycles. The first-order chi connectivity index (χ1) is 9.77. The number of aryl methyl sites for hydroxylation is 1. The maximum absolute atomic E-state index is 13.3. The average molecular weight is 314 g/mol. The maximum atomic E-state index is 13.3. The van der Waals surface area contributed by atoms with Crippen LogP contribution in [0.2, 0.25) is 0 Å². The second-order valence-corrected chi connectivity index (χ2v) is 6.66. The van der Waals surface area contributed by atoms with Gasteiger partial charge in [0.05, 0.1) is 11.4 Å². The van der Waals surface area contributed by atoms with Crippen LogP contribution >= 0.6 is 0 Å².